The zero-order valence-corrected chi connectivity index (χ0v) is 14.4. The number of anilines is 2. The number of hydrogen-bond donors (Lipinski definition) is 2. The molecule has 0 saturated heterocycles. The molecule has 2 amide bonds. The second kappa shape index (κ2) is 7.23. The van der Waals surface area contributed by atoms with Gasteiger partial charge in [0.2, 0.25) is 0 Å². The van der Waals surface area contributed by atoms with Gasteiger partial charge in [-0.3, -0.25) is 0 Å². The lowest BCUT2D eigenvalue weighted by Gasteiger charge is -2.11. The van der Waals surface area contributed by atoms with Crippen LogP contribution in [-0.2, 0) is 6.54 Å². The summed E-state index contributed by atoms with van der Waals surface area (Å²) in [6.45, 7) is 0.657. The lowest BCUT2D eigenvalue weighted by atomic mass is 10.2. The molecule has 7 heteroatoms. The van der Waals surface area contributed by atoms with Crippen LogP contribution in [0.5, 0.6) is 5.75 Å². The molecule has 3 rings (SSSR count). The smallest absolute Gasteiger partial charge is 0.323 e. The third-order valence-electron chi connectivity index (χ3n) is 3.62. The predicted octanol–water partition coefficient (Wildman–Crippen LogP) is 3.54. The van der Waals surface area contributed by atoms with Crippen molar-refractivity contribution in [2.45, 2.75) is 6.54 Å². The third-order valence-corrected chi connectivity index (χ3v) is 3.62. The Hall–Kier alpha value is -3.06. The fourth-order valence-corrected chi connectivity index (χ4v) is 2.51. The van der Waals surface area contributed by atoms with E-state index in [2.05, 4.69) is 15.8 Å². The van der Waals surface area contributed by atoms with E-state index in [4.69, 9.17) is 9.26 Å². The summed E-state index contributed by atoms with van der Waals surface area (Å²) in [7, 11) is 5.48. The number of carbonyl (C=O) groups is 1. The maximum atomic E-state index is 12.3. The average Bonchev–Trinajstić information content (AvgIpc) is 2.97. The molecular formula is C18H20N4O3. The largest absolute Gasteiger partial charge is 0.495 e. The molecule has 7 nitrogen and oxygen atoms in total. The summed E-state index contributed by atoms with van der Waals surface area (Å²) in [6.07, 6.45) is 0. The van der Waals surface area contributed by atoms with Crippen LogP contribution in [0.3, 0.4) is 0 Å². The molecule has 1 heterocycles. The van der Waals surface area contributed by atoms with E-state index >= 15 is 0 Å². The molecule has 2 aromatic carbocycles. The van der Waals surface area contributed by atoms with Gasteiger partial charge in [-0.05, 0) is 44.4 Å². The third kappa shape index (κ3) is 3.89. The first-order chi connectivity index (χ1) is 12.1. The normalized spacial score (nSPS) is 10.9. The second-order valence-electron chi connectivity index (χ2n) is 5.86. The van der Waals surface area contributed by atoms with Crippen molar-refractivity contribution in [3.63, 3.8) is 0 Å². The summed E-state index contributed by atoms with van der Waals surface area (Å²) in [6, 6.07) is 12.3. The minimum Gasteiger partial charge on any atom is -0.495 e. The highest BCUT2D eigenvalue weighted by Crippen LogP contribution is 2.25. The number of carbonyl (C=O) groups excluding carboxylic acids is 1. The summed E-state index contributed by atoms with van der Waals surface area (Å²) in [5, 5.41) is 10.6. The Balaban J connectivity index is 1.76. The van der Waals surface area contributed by atoms with Crippen LogP contribution in [-0.4, -0.2) is 37.3 Å². The highest BCUT2D eigenvalue weighted by molar-refractivity contribution is 6.01. The van der Waals surface area contributed by atoms with Crippen molar-refractivity contribution in [3.8, 4) is 5.75 Å². The van der Waals surface area contributed by atoms with E-state index in [1.54, 1.807) is 31.4 Å². The fraction of sp³-hybridized carbons (Fsp3) is 0.222. The molecule has 0 aliphatic carbocycles. The Morgan fingerprint density at radius 3 is 2.76 bits per heavy atom. The number of rotatable bonds is 5. The Morgan fingerprint density at radius 2 is 2.00 bits per heavy atom. The molecule has 0 saturated carbocycles. The maximum Gasteiger partial charge on any atom is 0.323 e. The minimum absolute atomic E-state index is 0.352. The van der Waals surface area contributed by atoms with Gasteiger partial charge in [0, 0.05) is 17.6 Å². The van der Waals surface area contributed by atoms with E-state index in [0.717, 1.165) is 11.1 Å². The van der Waals surface area contributed by atoms with Crippen LogP contribution in [0, 0.1) is 0 Å². The summed E-state index contributed by atoms with van der Waals surface area (Å²) in [5.41, 5.74) is 2.77. The van der Waals surface area contributed by atoms with Crippen molar-refractivity contribution in [3.05, 3.63) is 48.2 Å². The Morgan fingerprint density at radius 1 is 1.20 bits per heavy atom. The summed E-state index contributed by atoms with van der Waals surface area (Å²) in [5.74, 6) is 0.598. The van der Waals surface area contributed by atoms with Crippen LogP contribution in [0.1, 0.15) is 5.69 Å². The molecule has 0 fully saturated rings. The van der Waals surface area contributed by atoms with E-state index < -0.39 is 0 Å². The molecule has 0 aliphatic heterocycles. The lowest BCUT2D eigenvalue weighted by molar-refractivity contribution is 0.262. The molecule has 1 aromatic heterocycles. The van der Waals surface area contributed by atoms with Gasteiger partial charge in [0.25, 0.3) is 0 Å². The van der Waals surface area contributed by atoms with Gasteiger partial charge in [-0.1, -0.05) is 17.3 Å². The number of aromatic nitrogens is 1. The fourth-order valence-electron chi connectivity index (χ4n) is 2.51. The van der Waals surface area contributed by atoms with Crippen molar-refractivity contribution in [2.75, 3.05) is 31.8 Å². The van der Waals surface area contributed by atoms with Gasteiger partial charge in [-0.15, -0.1) is 0 Å². The second-order valence-corrected chi connectivity index (χ2v) is 5.86. The molecule has 0 spiro atoms. The van der Waals surface area contributed by atoms with E-state index in [1.807, 2.05) is 37.2 Å². The molecule has 0 radical (unpaired) electrons. The predicted molar refractivity (Wildman–Crippen MR) is 97.0 cm³/mol. The Bertz CT molecular complexity index is 889. The lowest BCUT2D eigenvalue weighted by Crippen LogP contribution is -2.19. The van der Waals surface area contributed by atoms with E-state index in [9.17, 15) is 4.79 Å². The first-order valence-electron chi connectivity index (χ1n) is 7.81. The van der Waals surface area contributed by atoms with E-state index in [1.165, 1.54) is 0 Å². The summed E-state index contributed by atoms with van der Waals surface area (Å²) >= 11 is 0. The van der Waals surface area contributed by atoms with Crippen LogP contribution in [0.4, 0.5) is 16.2 Å². The number of para-hydroxylation sites is 2. The highest BCUT2D eigenvalue weighted by Gasteiger charge is 2.12. The molecular weight excluding hydrogens is 320 g/mol. The Kier molecular flexibility index (Phi) is 4.85. The van der Waals surface area contributed by atoms with Crippen molar-refractivity contribution in [2.24, 2.45) is 0 Å². The van der Waals surface area contributed by atoms with Gasteiger partial charge in [-0.2, -0.15) is 0 Å². The standard InChI is InChI=1S/C18H20N4O3/c1-22(2)11-15-13-10-12(8-9-16(13)25-21-15)19-18(23)20-14-6-4-5-7-17(14)24-3/h4-10H,11H2,1-3H3,(H2,19,20,23). The van der Waals surface area contributed by atoms with Crippen LogP contribution in [0.25, 0.3) is 11.0 Å². The molecule has 3 aromatic rings. The average molecular weight is 340 g/mol. The van der Waals surface area contributed by atoms with Crippen LogP contribution < -0.4 is 15.4 Å². The summed E-state index contributed by atoms with van der Waals surface area (Å²) in [4.78, 5) is 14.3. The number of fused-ring (bicyclic) bond motifs is 1. The molecule has 130 valence electrons. The number of amides is 2. The SMILES string of the molecule is COc1ccccc1NC(=O)Nc1ccc2onc(CN(C)C)c2c1. The minimum atomic E-state index is -0.352. The number of methoxy groups -OCH3 is 1. The zero-order valence-electron chi connectivity index (χ0n) is 14.4. The van der Waals surface area contributed by atoms with E-state index in [0.29, 0.717) is 29.3 Å². The Labute approximate surface area is 145 Å². The molecule has 0 atom stereocenters. The van der Waals surface area contributed by atoms with E-state index in [-0.39, 0.29) is 6.03 Å². The first-order valence-corrected chi connectivity index (χ1v) is 7.81. The molecule has 0 unspecified atom stereocenters. The molecule has 25 heavy (non-hydrogen) atoms. The number of ether oxygens (including phenoxy) is 1. The van der Waals surface area contributed by atoms with Gasteiger partial charge in [-0.25, -0.2) is 4.79 Å². The molecule has 2 N–H and O–H groups in total. The van der Waals surface area contributed by atoms with Gasteiger partial charge in [0.05, 0.1) is 12.8 Å². The summed E-state index contributed by atoms with van der Waals surface area (Å²) < 4.78 is 10.5. The first kappa shape index (κ1) is 16.8. The quantitative estimate of drug-likeness (QED) is 0.742. The number of benzene rings is 2. The van der Waals surface area contributed by atoms with Crippen molar-refractivity contribution >= 4 is 28.4 Å². The van der Waals surface area contributed by atoms with Gasteiger partial charge < -0.3 is 24.8 Å². The topological polar surface area (TPSA) is 79.6 Å². The number of urea groups is 1. The van der Waals surface area contributed by atoms with Gasteiger partial charge in [0.1, 0.15) is 11.4 Å². The maximum absolute atomic E-state index is 12.3. The molecule has 0 bridgehead atoms. The van der Waals surface area contributed by atoms with Crippen LogP contribution in [0.2, 0.25) is 0 Å². The van der Waals surface area contributed by atoms with Crippen molar-refractivity contribution in [1.29, 1.82) is 0 Å². The zero-order chi connectivity index (χ0) is 17.8. The monoisotopic (exact) mass is 340 g/mol. The van der Waals surface area contributed by atoms with Crippen LogP contribution in [0.15, 0.2) is 47.0 Å². The number of nitrogens with zero attached hydrogens (tertiary/aromatic N) is 2. The molecule has 0 aliphatic rings. The van der Waals surface area contributed by atoms with Crippen LogP contribution >= 0.6 is 0 Å². The van der Waals surface area contributed by atoms with Crippen molar-refractivity contribution < 1.29 is 14.1 Å². The highest BCUT2D eigenvalue weighted by atomic mass is 16.5. The number of nitrogens with one attached hydrogen (secondary N) is 2. The van der Waals surface area contributed by atoms with Gasteiger partial charge in [0.15, 0.2) is 5.58 Å². The van der Waals surface area contributed by atoms with Crippen molar-refractivity contribution in [1.82, 2.24) is 10.1 Å². The van der Waals surface area contributed by atoms with Gasteiger partial charge >= 0.3 is 6.03 Å². The number of hydrogen-bond acceptors (Lipinski definition) is 5.